The standard InChI is InChI=1S/C32H47NO6Si/c1-31(2,3)40(5,6)39-24-28-14-10-19-32(20-11-21-34,25-37-22-27-15-17-29(36-4)18-16-27)33(28)30(35)38-23-26-12-8-7-9-13-26/h7-10,12-13,15-19,28,34H,11,14,20-25H2,1-6H3/t28-,32-/m1/s1. The SMILES string of the molecule is COc1ccc(COC[C@]2(CCCO)C=CC[C@H](CO[Si](C)(C)C(C)(C)C)N2C(=O)OCc2ccccc2)cc1. The predicted molar refractivity (Wildman–Crippen MR) is 161 cm³/mol. The highest BCUT2D eigenvalue weighted by atomic mass is 28.4. The van der Waals surface area contributed by atoms with Crippen LogP contribution >= 0.6 is 0 Å². The third-order valence-corrected chi connectivity index (χ3v) is 12.6. The van der Waals surface area contributed by atoms with E-state index in [1.807, 2.05) is 59.5 Å². The first-order valence-electron chi connectivity index (χ1n) is 14.1. The Hall–Kier alpha value is -2.65. The molecule has 0 fully saturated rings. The zero-order valence-electron chi connectivity index (χ0n) is 25.0. The second-order valence-corrected chi connectivity index (χ2v) is 16.9. The number of carbonyl (C=O) groups is 1. The average molecular weight is 570 g/mol. The minimum absolute atomic E-state index is 0.0199. The van der Waals surface area contributed by atoms with E-state index in [1.54, 1.807) is 7.11 Å². The minimum atomic E-state index is -2.06. The number of hydrogen-bond acceptors (Lipinski definition) is 6. The molecule has 0 aromatic heterocycles. The summed E-state index contributed by atoms with van der Waals surface area (Å²) in [6.45, 7) is 12.4. The first-order valence-corrected chi connectivity index (χ1v) is 17.1. The molecular formula is C32H47NO6Si. The van der Waals surface area contributed by atoms with Crippen LogP contribution in [0.2, 0.25) is 18.1 Å². The number of nitrogens with zero attached hydrogens (tertiary/aromatic N) is 1. The van der Waals surface area contributed by atoms with Gasteiger partial charge in [0.2, 0.25) is 0 Å². The third-order valence-electron chi connectivity index (χ3n) is 8.07. The molecule has 0 unspecified atom stereocenters. The van der Waals surface area contributed by atoms with Crippen LogP contribution in [0.25, 0.3) is 0 Å². The normalized spacial score (nSPS) is 19.5. The minimum Gasteiger partial charge on any atom is -0.497 e. The lowest BCUT2D eigenvalue weighted by Crippen LogP contribution is -2.61. The Bertz CT molecular complexity index is 1080. The molecule has 2 atom stereocenters. The number of rotatable bonds is 13. The van der Waals surface area contributed by atoms with Gasteiger partial charge in [0.05, 0.1) is 38.5 Å². The summed E-state index contributed by atoms with van der Waals surface area (Å²) < 4.78 is 24.1. The van der Waals surface area contributed by atoms with Gasteiger partial charge in [-0.3, -0.25) is 4.90 Å². The third kappa shape index (κ3) is 8.43. The molecule has 0 spiro atoms. The van der Waals surface area contributed by atoms with Crippen LogP contribution in [0.4, 0.5) is 4.79 Å². The van der Waals surface area contributed by atoms with Crippen LogP contribution in [0.15, 0.2) is 66.7 Å². The van der Waals surface area contributed by atoms with Crippen LogP contribution < -0.4 is 4.74 Å². The quantitative estimate of drug-likeness (QED) is 0.213. The van der Waals surface area contributed by atoms with Gasteiger partial charge in [-0.1, -0.05) is 75.4 Å². The highest BCUT2D eigenvalue weighted by Gasteiger charge is 2.46. The van der Waals surface area contributed by atoms with Crippen LogP contribution in [-0.2, 0) is 27.1 Å². The van der Waals surface area contributed by atoms with Crippen molar-refractivity contribution in [2.75, 3.05) is 26.9 Å². The van der Waals surface area contributed by atoms with Crippen LogP contribution in [0.3, 0.4) is 0 Å². The summed E-state index contributed by atoms with van der Waals surface area (Å²) in [6, 6.07) is 17.2. The molecule has 2 aromatic rings. The van der Waals surface area contributed by atoms with Crippen LogP contribution in [-0.4, -0.2) is 62.9 Å². The summed E-state index contributed by atoms with van der Waals surface area (Å²) in [6.07, 6.45) is 5.50. The summed E-state index contributed by atoms with van der Waals surface area (Å²) >= 11 is 0. The van der Waals surface area contributed by atoms with Crippen molar-refractivity contribution in [2.45, 2.75) is 83.0 Å². The van der Waals surface area contributed by atoms with Gasteiger partial charge in [-0.15, -0.1) is 0 Å². The largest absolute Gasteiger partial charge is 0.497 e. The van der Waals surface area contributed by atoms with Crippen molar-refractivity contribution < 1.29 is 28.5 Å². The van der Waals surface area contributed by atoms with E-state index in [2.05, 4.69) is 46.0 Å². The maximum atomic E-state index is 13.9. The van der Waals surface area contributed by atoms with E-state index >= 15 is 0 Å². The smallest absolute Gasteiger partial charge is 0.411 e. The molecule has 7 nitrogen and oxygen atoms in total. The fourth-order valence-corrected chi connectivity index (χ4v) is 5.67. The van der Waals surface area contributed by atoms with Gasteiger partial charge in [0, 0.05) is 6.61 Å². The Labute approximate surface area is 241 Å². The van der Waals surface area contributed by atoms with Crippen LogP contribution in [0.5, 0.6) is 5.75 Å². The van der Waals surface area contributed by atoms with Gasteiger partial charge in [-0.2, -0.15) is 0 Å². The molecular weight excluding hydrogens is 522 g/mol. The average Bonchev–Trinajstić information content (AvgIpc) is 2.94. The van der Waals surface area contributed by atoms with Gasteiger partial charge in [-0.05, 0) is 60.7 Å². The molecule has 1 heterocycles. The first-order chi connectivity index (χ1) is 19.0. The Morgan fingerprint density at radius 3 is 2.35 bits per heavy atom. The van der Waals surface area contributed by atoms with E-state index in [1.165, 1.54) is 0 Å². The van der Waals surface area contributed by atoms with Crippen molar-refractivity contribution in [3.63, 3.8) is 0 Å². The summed E-state index contributed by atoms with van der Waals surface area (Å²) in [5, 5.41) is 9.82. The molecule has 0 saturated carbocycles. The zero-order chi connectivity index (χ0) is 29.2. The van der Waals surface area contributed by atoms with Crippen molar-refractivity contribution in [1.82, 2.24) is 4.90 Å². The lowest BCUT2D eigenvalue weighted by molar-refractivity contribution is -0.0322. The second kappa shape index (κ2) is 14.3. The van der Waals surface area contributed by atoms with Crippen molar-refractivity contribution in [2.24, 2.45) is 0 Å². The Kier molecular flexibility index (Phi) is 11.4. The van der Waals surface area contributed by atoms with E-state index < -0.39 is 19.9 Å². The molecule has 1 aliphatic rings. The Morgan fingerprint density at radius 2 is 1.73 bits per heavy atom. The van der Waals surface area contributed by atoms with E-state index in [0.717, 1.165) is 16.9 Å². The molecule has 3 rings (SSSR count). The molecule has 220 valence electrons. The fraction of sp³-hybridized carbons (Fsp3) is 0.531. The molecule has 40 heavy (non-hydrogen) atoms. The molecule has 0 radical (unpaired) electrons. The highest BCUT2D eigenvalue weighted by molar-refractivity contribution is 6.74. The van der Waals surface area contributed by atoms with Crippen LogP contribution in [0.1, 0.15) is 51.2 Å². The van der Waals surface area contributed by atoms with Crippen molar-refractivity contribution in [3.05, 3.63) is 77.9 Å². The molecule has 8 heteroatoms. The lowest BCUT2D eigenvalue weighted by Gasteiger charge is -2.48. The van der Waals surface area contributed by atoms with E-state index in [9.17, 15) is 9.90 Å². The lowest BCUT2D eigenvalue weighted by atomic mass is 9.86. The summed E-state index contributed by atoms with van der Waals surface area (Å²) in [4.78, 5) is 15.7. The van der Waals surface area contributed by atoms with Crippen molar-refractivity contribution in [1.29, 1.82) is 0 Å². The predicted octanol–water partition coefficient (Wildman–Crippen LogP) is 6.71. The van der Waals surface area contributed by atoms with Gasteiger partial charge in [0.25, 0.3) is 0 Å². The number of methoxy groups -OCH3 is 1. The zero-order valence-corrected chi connectivity index (χ0v) is 26.0. The molecule has 0 bridgehead atoms. The molecule has 1 amide bonds. The maximum Gasteiger partial charge on any atom is 0.411 e. The summed E-state index contributed by atoms with van der Waals surface area (Å²) in [7, 11) is -0.416. The van der Waals surface area contributed by atoms with Gasteiger partial charge >= 0.3 is 6.09 Å². The number of hydrogen-bond donors (Lipinski definition) is 1. The first kappa shape index (κ1) is 31.9. The van der Waals surface area contributed by atoms with Crippen molar-refractivity contribution >= 4 is 14.4 Å². The summed E-state index contributed by atoms with van der Waals surface area (Å²) in [5.41, 5.74) is 1.16. The number of ether oxygens (including phenoxy) is 3. The molecule has 1 aliphatic heterocycles. The number of aliphatic hydroxyl groups is 1. The van der Waals surface area contributed by atoms with Gasteiger partial charge in [-0.25, -0.2) is 4.79 Å². The summed E-state index contributed by atoms with van der Waals surface area (Å²) in [5.74, 6) is 0.787. The van der Waals surface area contributed by atoms with E-state index in [-0.39, 0.29) is 30.9 Å². The van der Waals surface area contributed by atoms with E-state index in [4.69, 9.17) is 18.6 Å². The Morgan fingerprint density at radius 1 is 1.05 bits per heavy atom. The van der Waals surface area contributed by atoms with Gasteiger partial charge in [0.15, 0.2) is 8.32 Å². The molecule has 0 saturated heterocycles. The van der Waals surface area contributed by atoms with Gasteiger partial charge < -0.3 is 23.7 Å². The van der Waals surface area contributed by atoms with E-state index in [0.29, 0.717) is 32.5 Å². The monoisotopic (exact) mass is 569 g/mol. The fourth-order valence-electron chi connectivity index (χ4n) is 4.62. The number of benzene rings is 2. The van der Waals surface area contributed by atoms with Crippen LogP contribution in [0, 0.1) is 0 Å². The Balaban J connectivity index is 1.86. The van der Waals surface area contributed by atoms with Gasteiger partial charge in [0.1, 0.15) is 12.4 Å². The molecule has 1 N–H and O–H groups in total. The maximum absolute atomic E-state index is 13.9. The second-order valence-electron chi connectivity index (χ2n) is 12.0. The molecule has 2 aromatic carbocycles. The number of aliphatic hydroxyl groups excluding tert-OH is 1. The molecule has 0 aliphatic carbocycles. The van der Waals surface area contributed by atoms with Crippen molar-refractivity contribution in [3.8, 4) is 5.75 Å². The number of carbonyl (C=O) groups excluding carboxylic acids is 1. The number of amides is 1. The highest BCUT2D eigenvalue weighted by Crippen LogP contribution is 2.38. The topological polar surface area (TPSA) is 77.5 Å².